The van der Waals surface area contributed by atoms with Gasteiger partial charge in [-0.3, -0.25) is 4.90 Å². The normalized spacial score (nSPS) is 18.8. The zero-order chi connectivity index (χ0) is 27.9. The van der Waals surface area contributed by atoms with E-state index in [1.165, 1.54) is 24.4 Å². The molecule has 3 saturated heterocycles. The Kier molecular flexibility index (Phi) is 6.77. The molecule has 0 amide bonds. The molecule has 0 N–H and O–H groups in total. The first kappa shape index (κ1) is 26.0. The number of nitriles is 1. The van der Waals surface area contributed by atoms with E-state index in [0.717, 1.165) is 36.6 Å². The van der Waals surface area contributed by atoms with Crippen LogP contribution in [0, 0.1) is 11.3 Å². The number of pyridine rings is 3. The molecule has 0 radical (unpaired) electrons. The van der Waals surface area contributed by atoms with Gasteiger partial charge in [0, 0.05) is 67.6 Å². The number of nitrogens with zero attached hydrogens (tertiary/aromatic N) is 7. The molecule has 40 heavy (non-hydrogen) atoms. The van der Waals surface area contributed by atoms with Crippen molar-refractivity contribution in [3.63, 3.8) is 0 Å². The molecule has 0 saturated carbocycles. The number of hydrogen-bond acceptors (Lipinski definition) is 10. The minimum atomic E-state index is -3.15. The molecule has 0 aliphatic carbocycles. The van der Waals surface area contributed by atoms with Crippen LogP contribution in [0.15, 0.2) is 55.1 Å². The molecule has 0 aromatic carbocycles. The summed E-state index contributed by atoms with van der Waals surface area (Å²) in [6.45, 7) is 2.71. The summed E-state index contributed by atoms with van der Waals surface area (Å²) in [6.07, 6.45) is 9.20. The second-order valence-corrected chi connectivity index (χ2v) is 12.5. The van der Waals surface area contributed by atoms with E-state index in [1.807, 2.05) is 24.4 Å². The van der Waals surface area contributed by atoms with Gasteiger partial charge in [0.15, 0.2) is 9.84 Å². The molecule has 11 nitrogen and oxygen atoms in total. The Bertz CT molecular complexity index is 1670. The van der Waals surface area contributed by atoms with Crippen molar-refractivity contribution < 1.29 is 17.9 Å². The van der Waals surface area contributed by atoms with Crippen molar-refractivity contribution >= 4 is 21.2 Å². The highest BCUT2D eigenvalue weighted by Gasteiger charge is 2.44. The molecular weight excluding hydrogens is 530 g/mol. The lowest BCUT2D eigenvalue weighted by atomic mass is 9.87. The summed E-state index contributed by atoms with van der Waals surface area (Å²) >= 11 is 0. The maximum atomic E-state index is 11.5. The number of rotatable bonds is 9. The first-order valence-corrected chi connectivity index (χ1v) is 15.1. The number of ether oxygens (including phenoxy) is 2. The number of sulfone groups is 1. The topological polar surface area (TPSA) is 126 Å². The second kappa shape index (κ2) is 10.4. The molecule has 4 aromatic rings. The Balaban J connectivity index is 1.18. The summed E-state index contributed by atoms with van der Waals surface area (Å²) in [4.78, 5) is 14.0. The zero-order valence-electron chi connectivity index (χ0n) is 22.3. The van der Waals surface area contributed by atoms with Crippen LogP contribution in [0.3, 0.4) is 0 Å². The van der Waals surface area contributed by atoms with Crippen molar-refractivity contribution in [1.82, 2.24) is 24.5 Å². The van der Waals surface area contributed by atoms with Crippen LogP contribution in [0.1, 0.15) is 17.5 Å². The Morgan fingerprint density at radius 2 is 1.93 bits per heavy atom. The van der Waals surface area contributed by atoms with Crippen molar-refractivity contribution in [1.29, 1.82) is 5.26 Å². The quantitative estimate of drug-likeness (QED) is 0.302. The third kappa shape index (κ3) is 5.17. The standard InChI is InChI=1S/C28H29N7O4S/c1-38-27-6-3-19(12-31-27)15-34-22-9-23(34)17-33(16-22)26-5-4-20(13-30-26)25-10-24(39-7-8-40(2,36)37)18-35-28(25)21(11-29)14-32-35/h3-6,10,12-14,18,22-23H,7-9,15-17H2,1-2H3. The maximum Gasteiger partial charge on any atom is 0.212 e. The summed E-state index contributed by atoms with van der Waals surface area (Å²) in [6, 6.07) is 12.9. The Morgan fingerprint density at radius 3 is 2.58 bits per heavy atom. The van der Waals surface area contributed by atoms with Crippen molar-refractivity contribution in [3.05, 3.63) is 66.2 Å². The van der Waals surface area contributed by atoms with E-state index in [2.05, 4.69) is 32.0 Å². The number of aromatic nitrogens is 4. The summed E-state index contributed by atoms with van der Waals surface area (Å²) in [5, 5.41) is 13.9. The van der Waals surface area contributed by atoms with Crippen LogP contribution >= 0.6 is 0 Å². The molecule has 12 heteroatoms. The SMILES string of the molecule is COc1ccc(CN2C3CC2CN(c2ccc(-c4cc(OCCS(C)(=O)=O)cn5ncc(C#N)c45)cn2)C3)cn1. The minimum Gasteiger partial charge on any atom is -0.491 e. The van der Waals surface area contributed by atoms with Crippen LogP contribution < -0.4 is 14.4 Å². The Labute approximate surface area is 232 Å². The van der Waals surface area contributed by atoms with Gasteiger partial charge in [-0.25, -0.2) is 22.9 Å². The molecular formula is C28H29N7O4S. The van der Waals surface area contributed by atoms with Gasteiger partial charge >= 0.3 is 0 Å². The largest absolute Gasteiger partial charge is 0.491 e. The van der Waals surface area contributed by atoms with Gasteiger partial charge in [0.05, 0.1) is 36.3 Å². The van der Waals surface area contributed by atoms with Crippen LogP contribution in [0.4, 0.5) is 5.82 Å². The van der Waals surface area contributed by atoms with Crippen molar-refractivity contribution in [2.24, 2.45) is 0 Å². The fourth-order valence-electron chi connectivity index (χ4n) is 5.49. The molecule has 206 valence electrons. The van der Waals surface area contributed by atoms with Crippen LogP contribution in [-0.2, 0) is 16.4 Å². The van der Waals surface area contributed by atoms with Gasteiger partial charge in [-0.15, -0.1) is 0 Å². The van der Waals surface area contributed by atoms with Crippen molar-refractivity contribution in [3.8, 4) is 28.8 Å². The van der Waals surface area contributed by atoms with E-state index < -0.39 is 9.84 Å². The smallest absolute Gasteiger partial charge is 0.212 e. The average molecular weight is 560 g/mol. The van der Waals surface area contributed by atoms with E-state index in [0.29, 0.717) is 34.8 Å². The summed E-state index contributed by atoms with van der Waals surface area (Å²) in [7, 11) is -1.53. The van der Waals surface area contributed by atoms with E-state index in [4.69, 9.17) is 14.5 Å². The fraction of sp³-hybridized carbons (Fsp3) is 0.357. The Morgan fingerprint density at radius 1 is 1.10 bits per heavy atom. The van der Waals surface area contributed by atoms with Gasteiger partial charge in [-0.1, -0.05) is 6.07 Å². The molecule has 4 aromatic heterocycles. The monoisotopic (exact) mass is 559 g/mol. The van der Waals surface area contributed by atoms with E-state index >= 15 is 0 Å². The van der Waals surface area contributed by atoms with Crippen LogP contribution in [0.25, 0.3) is 16.6 Å². The minimum absolute atomic E-state index is 0.0244. The highest BCUT2D eigenvalue weighted by Crippen LogP contribution is 2.36. The van der Waals surface area contributed by atoms with Gasteiger partial charge in [0.2, 0.25) is 5.88 Å². The maximum absolute atomic E-state index is 11.5. The number of piperazine rings is 1. The molecule has 2 atom stereocenters. The number of anilines is 1. The fourth-order valence-corrected chi connectivity index (χ4v) is 5.88. The molecule has 2 unspecified atom stereocenters. The Hall–Kier alpha value is -4.21. The number of fused-ring (bicyclic) bond motifs is 3. The van der Waals surface area contributed by atoms with Gasteiger partial charge in [0.25, 0.3) is 0 Å². The van der Waals surface area contributed by atoms with Gasteiger partial charge in [-0.2, -0.15) is 10.4 Å². The lowest BCUT2D eigenvalue weighted by Crippen LogP contribution is -2.68. The third-order valence-electron chi connectivity index (χ3n) is 7.53. The van der Waals surface area contributed by atoms with Crippen LogP contribution in [0.5, 0.6) is 11.6 Å². The molecule has 2 bridgehead atoms. The number of methoxy groups -OCH3 is 1. The highest BCUT2D eigenvalue weighted by atomic mass is 32.2. The summed E-state index contributed by atoms with van der Waals surface area (Å²) < 4.78 is 35.5. The lowest BCUT2D eigenvalue weighted by Gasteiger charge is -2.56. The van der Waals surface area contributed by atoms with E-state index in [-0.39, 0.29) is 12.4 Å². The van der Waals surface area contributed by atoms with Crippen molar-refractivity contribution in [2.75, 3.05) is 43.7 Å². The molecule has 3 aliphatic rings. The first-order valence-electron chi connectivity index (χ1n) is 13.0. The predicted octanol–water partition coefficient (Wildman–Crippen LogP) is 2.56. The zero-order valence-corrected chi connectivity index (χ0v) is 23.1. The van der Waals surface area contributed by atoms with Crippen molar-refractivity contribution in [2.45, 2.75) is 25.0 Å². The summed E-state index contributed by atoms with van der Waals surface area (Å²) in [5.41, 5.74) is 3.82. The number of piperidine rings is 1. The van der Waals surface area contributed by atoms with Gasteiger partial charge < -0.3 is 14.4 Å². The number of hydrogen-bond donors (Lipinski definition) is 0. The van der Waals surface area contributed by atoms with Gasteiger partial charge in [-0.05, 0) is 30.2 Å². The van der Waals surface area contributed by atoms with Crippen LogP contribution in [-0.4, -0.2) is 83.8 Å². The highest BCUT2D eigenvalue weighted by molar-refractivity contribution is 7.90. The molecule has 0 spiro atoms. The second-order valence-electron chi connectivity index (χ2n) is 10.3. The first-order chi connectivity index (χ1) is 19.3. The average Bonchev–Trinajstić information content (AvgIpc) is 3.38. The molecule has 7 heterocycles. The van der Waals surface area contributed by atoms with Gasteiger partial charge in [0.1, 0.15) is 24.2 Å². The van der Waals surface area contributed by atoms with E-state index in [9.17, 15) is 13.7 Å². The predicted molar refractivity (Wildman–Crippen MR) is 149 cm³/mol. The van der Waals surface area contributed by atoms with E-state index in [1.54, 1.807) is 30.1 Å². The third-order valence-corrected chi connectivity index (χ3v) is 8.44. The molecule has 3 aliphatic heterocycles. The summed E-state index contributed by atoms with van der Waals surface area (Å²) in [5.74, 6) is 1.91. The molecule has 3 fully saturated rings. The van der Waals surface area contributed by atoms with Crippen LogP contribution in [0.2, 0.25) is 0 Å². The molecule has 7 rings (SSSR count). The lowest BCUT2D eigenvalue weighted by molar-refractivity contribution is -0.00876.